The Bertz CT molecular complexity index is 355. The molecule has 0 heterocycles. The second kappa shape index (κ2) is 6.57. The molecule has 2 N–H and O–H groups in total. The van der Waals surface area contributed by atoms with Crippen LogP contribution < -0.4 is 10.6 Å². The van der Waals surface area contributed by atoms with Crippen LogP contribution >= 0.6 is 0 Å². The van der Waals surface area contributed by atoms with Gasteiger partial charge in [0.1, 0.15) is 5.82 Å². The van der Waals surface area contributed by atoms with Gasteiger partial charge in [-0.1, -0.05) is 6.07 Å². The minimum absolute atomic E-state index is 0.242. The average Bonchev–Trinajstić information content (AvgIpc) is 2.29. The van der Waals surface area contributed by atoms with Gasteiger partial charge in [-0.25, -0.2) is 4.39 Å². The first-order chi connectivity index (χ1) is 8.11. The molecule has 1 aromatic carbocycles. The van der Waals surface area contributed by atoms with E-state index in [1.165, 1.54) is 6.07 Å². The minimum Gasteiger partial charge on any atom is -0.383 e. The van der Waals surface area contributed by atoms with Crippen molar-refractivity contribution >= 4 is 5.69 Å². The number of anilines is 1. The predicted molar refractivity (Wildman–Crippen MR) is 68.8 cm³/mol. The lowest BCUT2D eigenvalue weighted by Crippen LogP contribution is -2.29. The third-order valence-corrected chi connectivity index (χ3v) is 2.77. The summed E-state index contributed by atoms with van der Waals surface area (Å²) in [6, 6.07) is 4.75. The maximum atomic E-state index is 13.8. The monoisotopic (exact) mass is 240 g/mol. The van der Waals surface area contributed by atoms with E-state index in [2.05, 4.69) is 4.90 Å². The maximum Gasteiger partial charge on any atom is 0.130 e. The Kier molecular flexibility index (Phi) is 5.38. The van der Waals surface area contributed by atoms with Gasteiger partial charge >= 0.3 is 0 Å². The number of likely N-dealkylation sites (N-methyl/N-ethyl adjacent to an activating group) is 1. The van der Waals surface area contributed by atoms with Crippen molar-refractivity contribution in [3.63, 3.8) is 0 Å². The van der Waals surface area contributed by atoms with E-state index >= 15 is 0 Å². The van der Waals surface area contributed by atoms with Crippen LogP contribution in [-0.2, 0) is 4.74 Å². The van der Waals surface area contributed by atoms with Crippen LogP contribution in [0.5, 0.6) is 0 Å². The molecule has 0 amide bonds. The summed E-state index contributed by atoms with van der Waals surface area (Å²) in [7, 11) is 1.66. The van der Waals surface area contributed by atoms with Crippen LogP contribution in [0.3, 0.4) is 0 Å². The summed E-state index contributed by atoms with van der Waals surface area (Å²) in [6.45, 7) is 5.98. The highest BCUT2D eigenvalue weighted by Crippen LogP contribution is 2.27. The number of methoxy groups -OCH3 is 1. The van der Waals surface area contributed by atoms with Gasteiger partial charge in [0, 0.05) is 37.5 Å². The molecular weight excluding hydrogens is 219 g/mol. The van der Waals surface area contributed by atoms with Crippen molar-refractivity contribution in [2.45, 2.75) is 19.9 Å². The molecule has 0 unspecified atom stereocenters. The molecule has 0 aliphatic heterocycles. The molecular formula is C13H21FN2O. The lowest BCUT2D eigenvalue weighted by Gasteiger charge is -2.26. The summed E-state index contributed by atoms with van der Waals surface area (Å²) in [6.07, 6.45) is 0. The molecule has 0 saturated carbocycles. The van der Waals surface area contributed by atoms with Gasteiger partial charge in [0.05, 0.1) is 6.61 Å². The van der Waals surface area contributed by atoms with Crippen molar-refractivity contribution in [3.8, 4) is 0 Å². The molecule has 0 aliphatic rings. The van der Waals surface area contributed by atoms with Gasteiger partial charge in [-0.3, -0.25) is 0 Å². The summed E-state index contributed by atoms with van der Waals surface area (Å²) in [5, 5.41) is 0. The third-order valence-electron chi connectivity index (χ3n) is 2.77. The second-order valence-electron chi connectivity index (χ2n) is 4.03. The molecule has 0 bridgehead atoms. The van der Waals surface area contributed by atoms with E-state index in [0.717, 1.165) is 18.8 Å². The summed E-state index contributed by atoms with van der Waals surface area (Å²) in [5.41, 5.74) is 7.27. The largest absolute Gasteiger partial charge is 0.383 e. The van der Waals surface area contributed by atoms with Crippen molar-refractivity contribution in [2.24, 2.45) is 5.73 Å². The first-order valence-corrected chi connectivity index (χ1v) is 5.89. The van der Waals surface area contributed by atoms with Crippen LogP contribution in [0.25, 0.3) is 0 Å². The third kappa shape index (κ3) is 3.41. The van der Waals surface area contributed by atoms with Crippen molar-refractivity contribution in [3.05, 3.63) is 29.6 Å². The first kappa shape index (κ1) is 13.9. The van der Waals surface area contributed by atoms with Gasteiger partial charge in [-0.15, -0.1) is 0 Å². The Labute approximate surface area is 102 Å². The number of benzene rings is 1. The van der Waals surface area contributed by atoms with Crippen LogP contribution in [0.2, 0.25) is 0 Å². The quantitative estimate of drug-likeness (QED) is 0.829. The number of halogens is 1. The van der Waals surface area contributed by atoms with Gasteiger partial charge in [0.15, 0.2) is 0 Å². The Morgan fingerprint density at radius 1 is 1.47 bits per heavy atom. The zero-order chi connectivity index (χ0) is 12.8. The van der Waals surface area contributed by atoms with E-state index in [0.29, 0.717) is 12.2 Å². The van der Waals surface area contributed by atoms with Gasteiger partial charge in [-0.2, -0.15) is 0 Å². The molecule has 4 heteroatoms. The van der Waals surface area contributed by atoms with E-state index in [4.69, 9.17) is 10.5 Å². The van der Waals surface area contributed by atoms with Gasteiger partial charge < -0.3 is 15.4 Å². The van der Waals surface area contributed by atoms with E-state index in [9.17, 15) is 4.39 Å². The predicted octanol–water partition coefficient (Wildman–Crippen LogP) is 2.32. The number of hydrogen-bond acceptors (Lipinski definition) is 3. The number of ether oxygens (including phenoxy) is 1. The molecule has 0 spiro atoms. The van der Waals surface area contributed by atoms with E-state index in [-0.39, 0.29) is 11.9 Å². The van der Waals surface area contributed by atoms with Gasteiger partial charge in [0.25, 0.3) is 0 Å². The highest BCUT2D eigenvalue weighted by atomic mass is 19.1. The zero-order valence-corrected chi connectivity index (χ0v) is 10.7. The standard InChI is InChI=1S/C13H21FN2O/c1-4-16(8-9-17-3)12-7-5-6-11(14)13(12)10(2)15/h5-7,10H,4,8-9,15H2,1-3H3/t10-/m0/s1. The smallest absolute Gasteiger partial charge is 0.130 e. The molecule has 17 heavy (non-hydrogen) atoms. The molecule has 0 fully saturated rings. The fourth-order valence-electron chi connectivity index (χ4n) is 1.90. The Morgan fingerprint density at radius 2 is 2.18 bits per heavy atom. The molecule has 1 rings (SSSR count). The van der Waals surface area contributed by atoms with Gasteiger partial charge in [-0.05, 0) is 26.0 Å². The molecule has 1 aromatic rings. The van der Waals surface area contributed by atoms with Crippen molar-refractivity contribution < 1.29 is 9.13 Å². The topological polar surface area (TPSA) is 38.5 Å². The van der Waals surface area contributed by atoms with Crippen LogP contribution in [-0.4, -0.2) is 26.8 Å². The Hall–Kier alpha value is -1.13. The summed E-state index contributed by atoms with van der Waals surface area (Å²) < 4.78 is 18.8. The summed E-state index contributed by atoms with van der Waals surface area (Å²) in [4.78, 5) is 2.07. The Balaban J connectivity index is 3.05. The zero-order valence-electron chi connectivity index (χ0n) is 10.7. The van der Waals surface area contributed by atoms with E-state index < -0.39 is 0 Å². The van der Waals surface area contributed by atoms with E-state index in [1.54, 1.807) is 20.1 Å². The highest BCUT2D eigenvalue weighted by Gasteiger charge is 2.16. The highest BCUT2D eigenvalue weighted by molar-refractivity contribution is 5.55. The van der Waals surface area contributed by atoms with Crippen LogP contribution in [0.1, 0.15) is 25.5 Å². The maximum absolute atomic E-state index is 13.8. The number of nitrogens with zero attached hydrogens (tertiary/aromatic N) is 1. The average molecular weight is 240 g/mol. The molecule has 1 atom stereocenters. The second-order valence-corrected chi connectivity index (χ2v) is 4.03. The lowest BCUT2D eigenvalue weighted by molar-refractivity contribution is 0.205. The summed E-state index contributed by atoms with van der Waals surface area (Å²) in [5.74, 6) is -0.242. The summed E-state index contributed by atoms with van der Waals surface area (Å²) >= 11 is 0. The normalized spacial score (nSPS) is 12.5. The molecule has 0 saturated heterocycles. The lowest BCUT2D eigenvalue weighted by atomic mass is 10.0. The van der Waals surface area contributed by atoms with Crippen molar-refractivity contribution in [2.75, 3.05) is 31.7 Å². The number of hydrogen-bond donors (Lipinski definition) is 1. The molecule has 0 aliphatic carbocycles. The molecule has 3 nitrogen and oxygen atoms in total. The van der Waals surface area contributed by atoms with Crippen LogP contribution in [0.15, 0.2) is 18.2 Å². The molecule has 0 aromatic heterocycles. The van der Waals surface area contributed by atoms with Crippen LogP contribution in [0.4, 0.5) is 10.1 Å². The molecule has 0 radical (unpaired) electrons. The minimum atomic E-state index is -0.317. The van der Waals surface area contributed by atoms with Crippen molar-refractivity contribution in [1.82, 2.24) is 0 Å². The fourth-order valence-corrected chi connectivity index (χ4v) is 1.90. The first-order valence-electron chi connectivity index (χ1n) is 5.89. The SMILES string of the molecule is CCN(CCOC)c1cccc(F)c1[C@H](C)N. The van der Waals surface area contributed by atoms with Gasteiger partial charge in [0.2, 0.25) is 0 Å². The van der Waals surface area contributed by atoms with E-state index in [1.807, 2.05) is 13.0 Å². The fraction of sp³-hybridized carbons (Fsp3) is 0.538. The van der Waals surface area contributed by atoms with Crippen molar-refractivity contribution in [1.29, 1.82) is 0 Å². The molecule has 96 valence electrons. The number of nitrogens with two attached hydrogens (primary N) is 1. The Morgan fingerprint density at radius 3 is 2.71 bits per heavy atom. The number of rotatable bonds is 6. The van der Waals surface area contributed by atoms with Crippen LogP contribution in [0, 0.1) is 5.82 Å².